The van der Waals surface area contributed by atoms with E-state index in [0.717, 1.165) is 10.6 Å². The minimum absolute atomic E-state index is 0.286. The number of nitrogens with zero attached hydrogens (tertiary/aromatic N) is 2. The van der Waals surface area contributed by atoms with E-state index in [1.54, 1.807) is 23.9 Å². The van der Waals surface area contributed by atoms with Gasteiger partial charge in [0.25, 0.3) is 0 Å². The van der Waals surface area contributed by atoms with E-state index in [1.807, 2.05) is 29.1 Å². The highest BCUT2D eigenvalue weighted by molar-refractivity contribution is 7.10. The van der Waals surface area contributed by atoms with E-state index >= 15 is 0 Å². The van der Waals surface area contributed by atoms with Gasteiger partial charge >= 0.3 is 0 Å². The first-order chi connectivity index (χ1) is 7.29. The average Bonchev–Trinajstić information content (AvgIpc) is 2.85. The number of thiophene rings is 1. The smallest absolute Gasteiger partial charge is 0.137 e. The zero-order valence-electron chi connectivity index (χ0n) is 8.51. The number of hydrogen-bond donors (Lipinski definition) is 0. The summed E-state index contributed by atoms with van der Waals surface area (Å²) in [4.78, 5) is 16.4. The molecule has 15 heavy (non-hydrogen) atoms. The third-order valence-electron chi connectivity index (χ3n) is 2.21. The topological polar surface area (TPSA) is 34.9 Å². The van der Waals surface area contributed by atoms with Crippen LogP contribution in [0.25, 0.3) is 5.69 Å². The van der Waals surface area contributed by atoms with Gasteiger partial charge in [0.1, 0.15) is 5.78 Å². The lowest BCUT2D eigenvalue weighted by Crippen LogP contribution is -1.97. The normalized spacial score (nSPS) is 10.5. The van der Waals surface area contributed by atoms with Gasteiger partial charge in [-0.05, 0) is 6.07 Å². The minimum atomic E-state index is 0.286. The Morgan fingerprint density at radius 2 is 2.47 bits per heavy atom. The maximum atomic E-state index is 11.3. The summed E-state index contributed by atoms with van der Waals surface area (Å²) in [6, 6.07) is 2.04. The van der Waals surface area contributed by atoms with Gasteiger partial charge in [0, 0.05) is 35.5 Å². The van der Waals surface area contributed by atoms with Crippen molar-refractivity contribution in [1.29, 1.82) is 0 Å². The zero-order chi connectivity index (χ0) is 10.7. The van der Waals surface area contributed by atoms with Crippen LogP contribution in [0, 0.1) is 0 Å². The molecule has 0 aliphatic carbocycles. The summed E-state index contributed by atoms with van der Waals surface area (Å²) in [6.07, 6.45) is 6.56. The van der Waals surface area contributed by atoms with Gasteiger partial charge in [-0.1, -0.05) is 6.92 Å². The Labute approximate surface area is 92.4 Å². The highest BCUT2D eigenvalue weighted by Crippen LogP contribution is 2.19. The van der Waals surface area contributed by atoms with Crippen LogP contribution in [0.3, 0.4) is 0 Å². The number of hydrogen-bond acceptors (Lipinski definition) is 3. The van der Waals surface area contributed by atoms with Crippen LogP contribution in [0.5, 0.6) is 0 Å². The molecule has 0 aromatic carbocycles. The summed E-state index contributed by atoms with van der Waals surface area (Å²) in [6.45, 7) is 1.90. The molecule has 0 spiro atoms. The molecule has 0 N–H and O–H groups in total. The lowest BCUT2D eigenvalue weighted by molar-refractivity contribution is -0.118. The number of imidazole rings is 1. The van der Waals surface area contributed by atoms with E-state index < -0.39 is 0 Å². The van der Waals surface area contributed by atoms with Crippen molar-refractivity contribution < 1.29 is 4.79 Å². The fourth-order valence-corrected chi connectivity index (χ4v) is 2.22. The molecule has 0 radical (unpaired) electrons. The molecule has 2 rings (SSSR count). The van der Waals surface area contributed by atoms with E-state index in [9.17, 15) is 4.79 Å². The molecule has 0 amide bonds. The number of carbonyl (C=O) groups excluding carboxylic acids is 1. The van der Waals surface area contributed by atoms with Crippen LogP contribution in [0.2, 0.25) is 0 Å². The second-order valence-corrected chi connectivity index (χ2v) is 4.31. The van der Waals surface area contributed by atoms with Crippen molar-refractivity contribution in [2.24, 2.45) is 0 Å². The van der Waals surface area contributed by atoms with Crippen LogP contribution in [-0.4, -0.2) is 15.3 Å². The predicted octanol–water partition coefficient (Wildman–Crippen LogP) is 2.46. The molecule has 78 valence electrons. The van der Waals surface area contributed by atoms with Crippen molar-refractivity contribution in [3.63, 3.8) is 0 Å². The van der Waals surface area contributed by atoms with Crippen LogP contribution in [0.15, 0.2) is 30.2 Å². The molecule has 0 aliphatic rings. The summed E-state index contributed by atoms with van der Waals surface area (Å²) >= 11 is 1.62. The molecule has 3 nitrogen and oxygen atoms in total. The molecule has 0 fully saturated rings. The number of rotatable bonds is 4. The summed E-state index contributed by atoms with van der Waals surface area (Å²) in [5, 5.41) is 2.04. The lowest BCUT2D eigenvalue weighted by Gasteiger charge is -1.95. The summed E-state index contributed by atoms with van der Waals surface area (Å²) in [5.74, 6) is 0.286. The van der Waals surface area contributed by atoms with Crippen molar-refractivity contribution in [1.82, 2.24) is 9.55 Å². The Kier molecular flexibility index (Phi) is 2.97. The molecule has 0 bridgehead atoms. The van der Waals surface area contributed by atoms with E-state index in [1.165, 1.54) is 0 Å². The Bertz CT molecular complexity index is 445. The zero-order valence-corrected chi connectivity index (χ0v) is 9.33. The Morgan fingerprint density at radius 3 is 3.13 bits per heavy atom. The SMILES string of the molecule is CCC(=O)Cc1cc(-n2ccnc2)cs1. The Morgan fingerprint density at radius 1 is 1.60 bits per heavy atom. The molecule has 2 heterocycles. The van der Waals surface area contributed by atoms with E-state index in [-0.39, 0.29) is 5.78 Å². The Balaban J connectivity index is 2.14. The molecule has 2 aromatic rings. The van der Waals surface area contributed by atoms with Gasteiger partial charge in [-0.25, -0.2) is 4.98 Å². The fourth-order valence-electron chi connectivity index (χ4n) is 1.33. The third kappa shape index (κ3) is 2.33. The van der Waals surface area contributed by atoms with Crippen molar-refractivity contribution in [3.8, 4) is 5.69 Å². The van der Waals surface area contributed by atoms with Crippen molar-refractivity contribution in [3.05, 3.63) is 35.0 Å². The number of aromatic nitrogens is 2. The van der Waals surface area contributed by atoms with Crippen LogP contribution >= 0.6 is 11.3 Å². The second-order valence-electron chi connectivity index (χ2n) is 3.31. The van der Waals surface area contributed by atoms with Gasteiger partial charge in [-0.15, -0.1) is 11.3 Å². The molecule has 2 aromatic heterocycles. The van der Waals surface area contributed by atoms with Crippen molar-refractivity contribution >= 4 is 17.1 Å². The van der Waals surface area contributed by atoms with Crippen LogP contribution in [-0.2, 0) is 11.2 Å². The summed E-state index contributed by atoms with van der Waals surface area (Å²) in [5.41, 5.74) is 1.08. The third-order valence-corrected chi connectivity index (χ3v) is 3.13. The van der Waals surface area contributed by atoms with E-state index in [0.29, 0.717) is 12.8 Å². The van der Waals surface area contributed by atoms with Gasteiger partial charge in [0.15, 0.2) is 0 Å². The predicted molar refractivity (Wildman–Crippen MR) is 60.4 cm³/mol. The first-order valence-corrected chi connectivity index (χ1v) is 5.75. The van der Waals surface area contributed by atoms with E-state index in [2.05, 4.69) is 4.98 Å². The quantitative estimate of drug-likeness (QED) is 0.793. The number of ketones is 1. The van der Waals surface area contributed by atoms with Crippen molar-refractivity contribution in [2.45, 2.75) is 19.8 Å². The first-order valence-electron chi connectivity index (χ1n) is 4.87. The van der Waals surface area contributed by atoms with Gasteiger partial charge in [-0.2, -0.15) is 0 Å². The first kappa shape index (κ1) is 10.1. The molecular weight excluding hydrogens is 208 g/mol. The largest absolute Gasteiger partial charge is 0.305 e. The standard InChI is InChI=1S/C11H12N2OS/c1-2-10(14)6-11-5-9(7-15-11)13-4-3-12-8-13/h3-5,7-8H,2,6H2,1H3. The van der Waals surface area contributed by atoms with Gasteiger partial charge in [0.2, 0.25) is 0 Å². The molecule has 4 heteroatoms. The number of carbonyl (C=O) groups is 1. The fraction of sp³-hybridized carbons (Fsp3) is 0.273. The van der Waals surface area contributed by atoms with E-state index in [4.69, 9.17) is 0 Å². The van der Waals surface area contributed by atoms with Gasteiger partial charge in [-0.3, -0.25) is 4.79 Å². The van der Waals surface area contributed by atoms with Crippen molar-refractivity contribution in [2.75, 3.05) is 0 Å². The molecule has 0 atom stereocenters. The summed E-state index contributed by atoms with van der Waals surface area (Å²) < 4.78 is 1.94. The second kappa shape index (κ2) is 4.40. The van der Waals surface area contributed by atoms with Crippen LogP contribution < -0.4 is 0 Å². The molecule has 0 unspecified atom stereocenters. The summed E-state index contributed by atoms with van der Waals surface area (Å²) in [7, 11) is 0. The minimum Gasteiger partial charge on any atom is -0.305 e. The number of Topliss-reactive ketones (excluding diaryl/α,β-unsaturated/α-hetero) is 1. The molecule has 0 saturated heterocycles. The van der Waals surface area contributed by atoms with Gasteiger partial charge in [0.05, 0.1) is 12.0 Å². The van der Waals surface area contributed by atoms with Crippen LogP contribution in [0.4, 0.5) is 0 Å². The van der Waals surface area contributed by atoms with Crippen LogP contribution in [0.1, 0.15) is 18.2 Å². The molecule has 0 saturated carbocycles. The highest BCUT2D eigenvalue weighted by atomic mass is 32.1. The highest BCUT2D eigenvalue weighted by Gasteiger charge is 2.05. The Hall–Kier alpha value is -1.42. The molecular formula is C11H12N2OS. The lowest BCUT2D eigenvalue weighted by atomic mass is 10.2. The molecule has 0 aliphatic heterocycles. The van der Waals surface area contributed by atoms with Gasteiger partial charge < -0.3 is 4.57 Å². The monoisotopic (exact) mass is 220 g/mol. The maximum Gasteiger partial charge on any atom is 0.137 e. The maximum absolute atomic E-state index is 11.3. The average molecular weight is 220 g/mol.